The molecule has 1 heterocycles. The fourth-order valence-electron chi connectivity index (χ4n) is 1.87. The van der Waals surface area contributed by atoms with Crippen molar-refractivity contribution in [3.8, 4) is 0 Å². The molecule has 2 rings (SSSR count). The van der Waals surface area contributed by atoms with Crippen molar-refractivity contribution >= 4 is 23.3 Å². The van der Waals surface area contributed by atoms with Gasteiger partial charge in [0.05, 0.1) is 11.0 Å². The van der Waals surface area contributed by atoms with Crippen LogP contribution in [-0.2, 0) is 11.3 Å². The summed E-state index contributed by atoms with van der Waals surface area (Å²) in [6.45, 7) is 3.22. The van der Waals surface area contributed by atoms with Crippen molar-refractivity contribution in [3.05, 3.63) is 28.3 Å². The molecule has 1 aromatic heterocycles. The van der Waals surface area contributed by atoms with Crippen molar-refractivity contribution in [1.29, 1.82) is 0 Å². The number of rotatable bonds is 4. The first-order valence-electron chi connectivity index (χ1n) is 5.51. The lowest BCUT2D eigenvalue weighted by Crippen LogP contribution is -2.01. The normalized spacial score (nSPS) is 11.2. The van der Waals surface area contributed by atoms with Crippen LogP contribution < -0.4 is 0 Å². The third kappa shape index (κ3) is 2.40. The van der Waals surface area contributed by atoms with Crippen LogP contribution in [0.5, 0.6) is 0 Å². The van der Waals surface area contributed by atoms with Gasteiger partial charge in [-0.2, -0.15) is 0 Å². The Morgan fingerprint density at radius 2 is 2.24 bits per heavy atom. The fourth-order valence-corrected chi connectivity index (χ4v) is 2.17. The molecule has 2 aromatic rings. The van der Waals surface area contributed by atoms with Gasteiger partial charge in [-0.3, -0.25) is 0 Å². The van der Waals surface area contributed by atoms with Crippen LogP contribution in [0.2, 0.25) is 0 Å². The molecule has 0 aliphatic rings. The molecule has 5 heteroatoms. The topological polar surface area (TPSA) is 29.9 Å². The van der Waals surface area contributed by atoms with Gasteiger partial charge in [0.1, 0.15) is 5.82 Å². The van der Waals surface area contributed by atoms with Crippen LogP contribution in [0.4, 0.5) is 4.39 Å². The molecule has 0 radical (unpaired) electrons. The van der Waals surface area contributed by atoms with E-state index in [0.717, 1.165) is 24.0 Å². The summed E-state index contributed by atoms with van der Waals surface area (Å²) in [5, 5.41) is 0. The number of nitrogens with zero attached hydrogens (tertiary/aromatic N) is 1. The van der Waals surface area contributed by atoms with Crippen molar-refractivity contribution in [3.63, 3.8) is 0 Å². The number of H-pyrrole nitrogens is 1. The molecule has 92 valence electrons. The molecule has 0 saturated heterocycles. The number of fused-ring (bicyclic) bond motifs is 1. The van der Waals surface area contributed by atoms with Gasteiger partial charge in [-0.15, -0.1) is 0 Å². The first kappa shape index (κ1) is 12.3. The minimum absolute atomic E-state index is 0.210. The highest BCUT2D eigenvalue weighted by Crippen LogP contribution is 2.19. The molecule has 0 spiro atoms. The summed E-state index contributed by atoms with van der Waals surface area (Å²) in [6.07, 6.45) is 0.883. The zero-order chi connectivity index (χ0) is 12.4. The number of hydrogen-bond acceptors (Lipinski definition) is 2. The molecule has 1 aromatic carbocycles. The number of aryl methyl sites for hydroxylation is 2. The number of hydrogen-bond donors (Lipinski definition) is 1. The molecule has 1 N–H and O–H groups in total. The average Bonchev–Trinajstić information content (AvgIpc) is 2.57. The summed E-state index contributed by atoms with van der Waals surface area (Å²) < 4.78 is 21.0. The van der Waals surface area contributed by atoms with E-state index < -0.39 is 0 Å². The van der Waals surface area contributed by atoms with Gasteiger partial charge in [0.15, 0.2) is 4.77 Å². The molecule has 0 bridgehead atoms. The lowest BCUT2D eigenvalue weighted by Gasteiger charge is -2.04. The van der Waals surface area contributed by atoms with Gasteiger partial charge in [-0.05, 0) is 43.3 Å². The summed E-state index contributed by atoms with van der Waals surface area (Å²) in [7, 11) is 1.67. The Morgan fingerprint density at radius 3 is 2.94 bits per heavy atom. The SMILES string of the molecule is COCCCn1c(=S)[nH]c2cc(F)c(C)cc21. The van der Waals surface area contributed by atoms with Gasteiger partial charge in [0.25, 0.3) is 0 Å². The zero-order valence-electron chi connectivity index (χ0n) is 9.92. The summed E-state index contributed by atoms with van der Waals surface area (Å²) in [4.78, 5) is 3.02. The summed E-state index contributed by atoms with van der Waals surface area (Å²) in [5.74, 6) is -0.210. The maximum atomic E-state index is 13.4. The van der Waals surface area contributed by atoms with Crippen molar-refractivity contribution in [2.75, 3.05) is 13.7 Å². The maximum absolute atomic E-state index is 13.4. The van der Waals surface area contributed by atoms with E-state index in [-0.39, 0.29) is 5.82 Å². The third-order valence-electron chi connectivity index (χ3n) is 2.78. The summed E-state index contributed by atoms with van der Waals surface area (Å²) >= 11 is 5.23. The van der Waals surface area contributed by atoms with Crippen LogP contribution >= 0.6 is 12.2 Å². The van der Waals surface area contributed by atoms with Crippen molar-refractivity contribution in [1.82, 2.24) is 9.55 Å². The van der Waals surface area contributed by atoms with Gasteiger partial charge < -0.3 is 14.3 Å². The minimum Gasteiger partial charge on any atom is -0.385 e. The molecule has 0 amide bonds. The maximum Gasteiger partial charge on any atom is 0.178 e. The second-order valence-corrected chi connectivity index (χ2v) is 4.43. The van der Waals surface area contributed by atoms with Crippen molar-refractivity contribution in [2.45, 2.75) is 19.9 Å². The predicted molar refractivity (Wildman–Crippen MR) is 68.3 cm³/mol. The highest BCUT2D eigenvalue weighted by atomic mass is 32.1. The van der Waals surface area contributed by atoms with Crippen LogP contribution in [0.3, 0.4) is 0 Å². The number of imidazole rings is 1. The van der Waals surface area contributed by atoms with Gasteiger partial charge in [-0.25, -0.2) is 4.39 Å². The molecule has 17 heavy (non-hydrogen) atoms. The first-order chi connectivity index (χ1) is 8.13. The Labute approximate surface area is 104 Å². The van der Waals surface area contributed by atoms with Crippen LogP contribution in [0.15, 0.2) is 12.1 Å². The van der Waals surface area contributed by atoms with Gasteiger partial charge in [-0.1, -0.05) is 0 Å². The van der Waals surface area contributed by atoms with Crippen molar-refractivity contribution < 1.29 is 9.13 Å². The average molecular weight is 254 g/mol. The molecule has 0 fully saturated rings. The van der Waals surface area contributed by atoms with E-state index in [1.54, 1.807) is 14.0 Å². The summed E-state index contributed by atoms with van der Waals surface area (Å²) in [5.41, 5.74) is 2.33. The Hall–Kier alpha value is -1.20. The van der Waals surface area contributed by atoms with E-state index in [1.807, 2.05) is 10.6 Å². The molecule has 0 saturated carbocycles. The lowest BCUT2D eigenvalue weighted by atomic mass is 10.2. The first-order valence-corrected chi connectivity index (χ1v) is 5.92. The van der Waals surface area contributed by atoms with E-state index in [0.29, 0.717) is 16.9 Å². The number of halogens is 1. The van der Waals surface area contributed by atoms with Gasteiger partial charge in [0, 0.05) is 20.3 Å². The van der Waals surface area contributed by atoms with Gasteiger partial charge in [0.2, 0.25) is 0 Å². The van der Waals surface area contributed by atoms with E-state index >= 15 is 0 Å². The highest BCUT2D eigenvalue weighted by molar-refractivity contribution is 7.71. The Balaban J connectivity index is 2.44. The second-order valence-electron chi connectivity index (χ2n) is 4.05. The monoisotopic (exact) mass is 254 g/mol. The molecule has 0 atom stereocenters. The number of nitrogens with one attached hydrogen (secondary N) is 1. The fraction of sp³-hybridized carbons (Fsp3) is 0.417. The predicted octanol–water partition coefficient (Wildman–Crippen LogP) is 3.18. The second kappa shape index (κ2) is 4.98. The molecule has 0 aliphatic heterocycles. The Kier molecular flexibility index (Phi) is 3.59. The molecular formula is C12H15FN2OS. The van der Waals surface area contributed by atoms with Crippen LogP contribution in [0.1, 0.15) is 12.0 Å². The molecular weight excluding hydrogens is 239 g/mol. The van der Waals surface area contributed by atoms with Crippen LogP contribution in [0.25, 0.3) is 11.0 Å². The number of methoxy groups -OCH3 is 1. The van der Waals surface area contributed by atoms with E-state index in [4.69, 9.17) is 17.0 Å². The Bertz CT molecular complexity index is 588. The molecule has 3 nitrogen and oxygen atoms in total. The van der Waals surface area contributed by atoms with E-state index in [2.05, 4.69) is 4.98 Å². The smallest absolute Gasteiger partial charge is 0.178 e. The third-order valence-corrected chi connectivity index (χ3v) is 3.11. The van der Waals surface area contributed by atoms with Crippen molar-refractivity contribution in [2.24, 2.45) is 0 Å². The lowest BCUT2D eigenvalue weighted by molar-refractivity contribution is 0.190. The van der Waals surface area contributed by atoms with E-state index in [1.165, 1.54) is 6.07 Å². The highest BCUT2D eigenvalue weighted by Gasteiger charge is 2.07. The summed E-state index contributed by atoms with van der Waals surface area (Å²) in [6, 6.07) is 3.32. The van der Waals surface area contributed by atoms with Crippen LogP contribution in [-0.4, -0.2) is 23.3 Å². The molecule has 0 aliphatic carbocycles. The van der Waals surface area contributed by atoms with E-state index in [9.17, 15) is 4.39 Å². The van der Waals surface area contributed by atoms with Gasteiger partial charge >= 0.3 is 0 Å². The Morgan fingerprint density at radius 1 is 1.47 bits per heavy atom. The number of ether oxygens (including phenoxy) is 1. The number of aromatic amines is 1. The number of aromatic nitrogens is 2. The standard InChI is InChI=1S/C12H15FN2OS/c1-8-6-11-10(7-9(8)13)14-12(17)15(11)4-3-5-16-2/h6-7H,3-5H2,1-2H3,(H,14,17). The quantitative estimate of drug-likeness (QED) is 0.671. The molecule has 0 unspecified atom stereocenters. The minimum atomic E-state index is -0.210. The largest absolute Gasteiger partial charge is 0.385 e. The zero-order valence-corrected chi connectivity index (χ0v) is 10.7. The van der Waals surface area contributed by atoms with Crippen LogP contribution in [0, 0.1) is 17.5 Å². The number of benzene rings is 1.